The van der Waals surface area contributed by atoms with E-state index in [1.807, 2.05) is 18.4 Å². The number of nitrogens with one attached hydrogen (secondary N) is 1. The highest BCUT2D eigenvalue weighted by atomic mass is 32.1. The van der Waals surface area contributed by atoms with Crippen molar-refractivity contribution in [3.8, 4) is 5.75 Å². The molecular formula is C26H24N4O3S. The van der Waals surface area contributed by atoms with Crippen LogP contribution in [0.4, 0.5) is 17.3 Å². The Labute approximate surface area is 201 Å². The van der Waals surface area contributed by atoms with E-state index in [1.54, 1.807) is 24.5 Å². The molecule has 0 bridgehead atoms. The predicted molar refractivity (Wildman–Crippen MR) is 136 cm³/mol. The summed E-state index contributed by atoms with van der Waals surface area (Å²) in [4.78, 5) is 20.9. The van der Waals surface area contributed by atoms with E-state index in [0.717, 1.165) is 40.7 Å². The zero-order valence-electron chi connectivity index (χ0n) is 19.0. The number of fused-ring (bicyclic) bond motifs is 2. The van der Waals surface area contributed by atoms with Gasteiger partial charge in [-0.15, -0.1) is 11.3 Å². The van der Waals surface area contributed by atoms with Gasteiger partial charge in [0.1, 0.15) is 5.75 Å². The quantitative estimate of drug-likeness (QED) is 0.249. The van der Waals surface area contributed by atoms with E-state index in [9.17, 15) is 10.1 Å². The number of nitro benzene ring substituents is 1. The molecule has 1 aliphatic rings. The number of hydrogen-bond donors (Lipinski definition) is 1. The van der Waals surface area contributed by atoms with Gasteiger partial charge < -0.3 is 10.1 Å². The maximum absolute atomic E-state index is 11.6. The number of rotatable bonds is 6. The Morgan fingerprint density at radius 1 is 1.21 bits per heavy atom. The van der Waals surface area contributed by atoms with Crippen molar-refractivity contribution >= 4 is 44.4 Å². The summed E-state index contributed by atoms with van der Waals surface area (Å²) in [5, 5.41) is 16.8. The van der Waals surface area contributed by atoms with Gasteiger partial charge in [0.25, 0.3) is 5.69 Å². The summed E-state index contributed by atoms with van der Waals surface area (Å²) in [6.07, 6.45) is 5.89. The number of aromatic nitrogens is 2. The Bertz CT molecular complexity index is 1430. The second kappa shape index (κ2) is 9.23. The van der Waals surface area contributed by atoms with E-state index in [-0.39, 0.29) is 10.6 Å². The van der Waals surface area contributed by atoms with Gasteiger partial charge in [-0.2, -0.15) is 0 Å². The Hall–Kier alpha value is -3.78. The monoisotopic (exact) mass is 472 g/mol. The first-order valence-corrected chi connectivity index (χ1v) is 12.1. The van der Waals surface area contributed by atoms with Gasteiger partial charge >= 0.3 is 0 Å². The molecule has 7 nitrogen and oxygen atoms in total. The lowest BCUT2D eigenvalue weighted by Gasteiger charge is -2.15. The summed E-state index contributed by atoms with van der Waals surface area (Å²) in [5.74, 6) is 0.886. The zero-order chi connectivity index (χ0) is 23.7. The van der Waals surface area contributed by atoms with Crippen molar-refractivity contribution in [3.63, 3.8) is 0 Å². The van der Waals surface area contributed by atoms with Crippen LogP contribution in [0.5, 0.6) is 5.75 Å². The van der Waals surface area contributed by atoms with Crippen molar-refractivity contribution in [2.45, 2.75) is 32.6 Å². The lowest BCUT2D eigenvalue weighted by Crippen LogP contribution is -2.05. The highest BCUT2D eigenvalue weighted by molar-refractivity contribution is 7.17. The molecule has 0 amide bonds. The normalized spacial score (nSPS) is 13.2. The molecule has 4 aromatic rings. The van der Waals surface area contributed by atoms with Crippen LogP contribution in [0, 0.1) is 10.1 Å². The van der Waals surface area contributed by atoms with Crippen LogP contribution in [-0.4, -0.2) is 22.0 Å². The lowest BCUT2D eigenvalue weighted by molar-refractivity contribution is -0.385. The molecule has 172 valence electrons. The molecule has 2 aromatic carbocycles. The molecule has 0 spiro atoms. The van der Waals surface area contributed by atoms with Gasteiger partial charge in [-0.3, -0.25) is 10.1 Å². The van der Waals surface area contributed by atoms with Crippen molar-refractivity contribution in [1.29, 1.82) is 0 Å². The molecule has 34 heavy (non-hydrogen) atoms. The number of benzene rings is 2. The first kappa shape index (κ1) is 22.0. The van der Waals surface area contributed by atoms with Gasteiger partial charge in [-0.05, 0) is 54.3 Å². The van der Waals surface area contributed by atoms with Crippen molar-refractivity contribution in [1.82, 2.24) is 9.97 Å². The Kier molecular flexibility index (Phi) is 5.98. The van der Waals surface area contributed by atoms with E-state index in [0.29, 0.717) is 29.4 Å². The molecule has 2 heterocycles. The maximum Gasteiger partial charge on any atom is 0.274 e. The van der Waals surface area contributed by atoms with Crippen molar-refractivity contribution < 1.29 is 9.66 Å². The van der Waals surface area contributed by atoms with Crippen LogP contribution >= 0.6 is 11.3 Å². The number of allylic oxidation sites excluding steroid dienone is 1. The molecule has 0 unspecified atom stereocenters. The Balaban J connectivity index is 1.64. The molecule has 0 aliphatic heterocycles. The van der Waals surface area contributed by atoms with E-state index >= 15 is 0 Å². The number of ether oxygens (including phenoxy) is 1. The van der Waals surface area contributed by atoms with E-state index in [4.69, 9.17) is 14.7 Å². The first-order chi connectivity index (χ1) is 16.6. The fourth-order valence-corrected chi connectivity index (χ4v) is 5.26. The number of methoxy groups -OCH3 is 1. The minimum atomic E-state index is -0.370. The molecule has 0 saturated carbocycles. The fourth-order valence-electron chi connectivity index (χ4n) is 4.43. The second-order valence-electron chi connectivity index (χ2n) is 8.11. The number of aryl methyl sites for hydroxylation is 2. The Morgan fingerprint density at radius 3 is 2.85 bits per heavy atom. The number of hydrogen-bond acceptors (Lipinski definition) is 7. The van der Waals surface area contributed by atoms with Crippen LogP contribution in [0.15, 0.2) is 53.9 Å². The highest BCUT2D eigenvalue weighted by Crippen LogP contribution is 2.38. The van der Waals surface area contributed by atoms with Crippen molar-refractivity contribution in [2.24, 2.45) is 0 Å². The third-order valence-electron chi connectivity index (χ3n) is 6.09. The summed E-state index contributed by atoms with van der Waals surface area (Å²) >= 11 is 1.62. The molecule has 5 rings (SSSR count). The first-order valence-electron chi connectivity index (χ1n) is 11.3. The van der Waals surface area contributed by atoms with Gasteiger partial charge in [-0.1, -0.05) is 37.3 Å². The molecule has 0 saturated heterocycles. The smallest absolute Gasteiger partial charge is 0.274 e. The van der Waals surface area contributed by atoms with Gasteiger partial charge in [0, 0.05) is 17.2 Å². The molecule has 0 atom stereocenters. The zero-order valence-corrected chi connectivity index (χ0v) is 19.8. The van der Waals surface area contributed by atoms with Crippen molar-refractivity contribution in [3.05, 3.63) is 86.4 Å². The summed E-state index contributed by atoms with van der Waals surface area (Å²) in [6.45, 7) is 1.88. The molecule has 0 radical (unpaired) electrons. The van der Waals surface area contributed by atoms with E-state index < -0.39 is 0 Å². The fraction of sp³-hybridized carbons (Fsp3) is 0.231. The molecule has 1 N–H and O–H groups in total. The van der Waals surface area contributed by atoms with Crippen molar-refractivity contribution in [2.75, 3.05) is 12.4 Å². The van der Waals surface area contributed by atoms with Crippen LogP contribution in [0.2, 0.25) is 0 Å². The predicted octanol–water partition coefficient (Wildman–Crippen LogP) is 6.68. The maximum atomic E-state index is 11.6. The minimum Gasteiger partial charge on any atom is -0.495 e. The molecule has 8 heteroatoms. The summed E-state index contributed by atoms with van der Waals surface area (Å²) in [7, 11) is 1.55. The third-order valence-corrected chi connectivity index (χ3v) is 7.00. The van der Waals surface area contributed by atoms with Crippen LogP contribution in [-0.2, 0) is 12.8 Å². The highest BCUT2D eigenvalue weighted by Gasteiger charge is 2.21. The van der Waals surface area contributed by atoms with Gasteiger partial charge in [0.15, 0.2) is 0 Å². The number of thiophene rings is 1. The van der Waals surface area contributed by atoms with Crippen LogP contribution in [0.25, 0.3) is 15.8 Å². The van der Waals surface area contributed by atoms with Gasteiger partial charge in [0.2, 0.25) is 5.95 Å². The summed E-state index contributed by atoms with van der Waals surface area (Å²) < 4.78 is 6.55. The average Bonchev–Trinajstić information content (AvgIpc) is 3.22. The average molecular weight is 473 g/mol. The second-order valence-corrected chi connectivity index (χ2v) is 9.03. The molecule has 0 fully saturated rings. The Morgan fingerprint density at radius 2 is 2.06 bits per heavy atom. The van der Waals surface area contributed by atoms with Crippen LogP contribution in [0.1, 0.15) is 42.1 Å². The largest absolute Gasteiger partial charge is 0.495 e. The molecule has 1 aliphatic carbocycles. The van der Waals surface area contributed by atoms with Gasteiger partial charge in [-0.25, -0.2) is 9.97 Å². The minimum absolute atomic E-state index is 0.0445. The number of nitrogens with zero attached hydrogens (tertiary/aromatic N) is 3. The lowest BCUT2D eigenvalue weighted by atomic mass is 9.97. The van der Waals surface area contributed by atoms with E-state index in [2.05, 4.69) is 35.7 Å². The number of nitro groups is 1. The van der Waals surface area contributed by atoms with Gasteiger partial charge in [0.05, 0.1) is 33.6 Å². The SMILES string of the molecule is CCc1cc(OC)c(Nc2nc(C3=CCCCc4ccccc43)c3sccc3n2)cc1[N+](=O)[O-]. The van der Waals surface area contributed by atoms with Crippen LogP contribution in [0.3, 0.4) is 0 Å². The topological polar surface area (TPSA) is 90.2 Å². The summed E-state index contributed by atoms with van der Waals surface area (Å²) in [5.41, 5.74) is 6.43. The third kappa shape index (κ3) is 4.01. The molecule has 2 aromatic heterocycles. The standard InChI is InChI=1S/C26H24N4O3S/c1-3-16-14-23(33-2)21(15-22(16)30(31)32)28-26-27-20-12-13-34-25(20)24(29-26)19-11-7-5-9-17-8-4-6-10-18(17)19/h4,6,8,10-15H,3,5,7,9H2,1-2H3,(H,27,28,29). The number of anilines is 2. The van der Waals surface area contributed by atoms with Crippen LogP contribution < -0.4 is 10.1 Å². The summed E-state index contributed by atoms with van der Waals surface area (Å²) in [6, 6.07) is 13.6. The van der Waals surface area contributed by atoms with E-state index in [1.165, 1.54) is 17.2 Å². The molecular weight excluding hydrogens is 448 g/mol.